The lowest BCUT2D eigenvalue weighted by Crippen LogP contribution is -2.28. The maximum atomic E-state index is 11.2. The van der Waals surface area contributed by atoms with Crippen LogP contribution in [0.25, 0.3) is 0 Å². The van der Waals surface area contributed by atoms with Crippen molar-refractivity contribution in [1.29, 1.82) is 0 Å². The molecule has 1 aliphatic heterocycles. The van der Waals surface area contributed by atoms with Gasteiger partial charge in [0.15, 0.2) is 0 Å². The van der Waals surface area contributed by atoms with Crippen molar-refractivity contribution in [2.45, 2.75) is 24.5 Å². The number of hydrogen-bond acceptors (Lipinski definition) is 3. The highest BCUT2D eigenvalue weighted by atomic mass is 33.1. The Balaban J connectivity index is 2.36. The third-order valence-corrected chi connectivity index (χ3v) is 4.55. The normalized spacial score (nSPS) is 25.7. The van der Waals surface area contributed by atoms with E-state index >= 15 is 0 Å². The molecule has 64 valence electrons. The number of amides is 1. The largest absolute Gasteiger partial charge is 0.358 e. The predicted molar refractivity (Wildman–Crippen MR) is 51.8 cm³/mol. The zero-order valence-electron chi connectivity index (χ0n) is 6.63. The first kappa shape index (κ1) is 9.26. The number of hydrogen-bond donors (Lipinski definition) is 1. The summed E-state index contributed by atoms with van der Waals surface area (Å²) in [5.74, 6) is 1.38. The summed E-state index contributed by atoms with van der Waals surface area (Å²) in [5, 5.41) is 2.88. The average Bonchev–Trinajstić information content (AvgIpc) is 2.30. The monoisotopic (exact) mass is 191 g/mol. The van der Waals surface area contributed by atoms with Crippen molar-refractivity contribution in [3.8, 4) is 0 Å². The molecule has 1 aliphatic rings. The van der Waals surface area contributed by atoms with Crippen LogP contribution < -0.4 is 5.32 Å². The molecule has 0 spiro atoms. The van der Waals surface area contributed by atoms with Crippen molar-refractivity contribution in [2.24, 2.45) is 0 Å². The molecule has 0 aromatic carbocycles. The molecule has 1 amide bonds. The van der Waals surface area contributed by atoms with Gasteiger partial charge in [0.25, 0.3) is 0 Å². The van der Waals surface area contributed by atoms with E-state index < -0.39 is 0 Å². The molecule has 0 radical (unpaired) electrons. The fourth-order valence-electron chi connectivity index (χ4n) is 1.00. The summed E-state index contributed by atoms with van der Waals surface area (Å²) in [6.45, 7) is 0. The van der Waals surface area contributed by atoms with E-state index in [-0.39, 0.29) is 11.2 Å². The Morgan fingerprint density at radius 2 is 2.36 bits per heavy atom. The highest BCUT2D eigenvalue weighted by Crippen LogP contribution is 2.34. The van der Waals surface area contributed by atoms with E-state index in [0.29, 0.717) is 0 Å². The van der Waals surface area contributed by atoms with Crippen molar-refractivity contribution in [1.82, 2.24) is 5.32 Å². The molecule has 1 rings (SSSR count). The minimum absolute atomic E-state index is 0.185. The lowest BCUT2D eigenvalue weighted by Gasteiger charge is -2.09. The van der Waals surface area contributed by atoms with Gasteiger partial charge in [-0.25, -0.2) is 0 Å². The van der Waals surface area contributed by atoms with Gasteiger partial charge < -0.3 is 5.32 Å². The van der Waals surface area contributed by atoms with Crippen LogP contribution in [0, 0.1) is 0 Å². The van der Waals surface area contributed by atoms with Gasteiger partial charge in [-0.3, -0.25) is 4.79 Å². The maximum absolute atomic E-state index is 11.2. The molecule has 1 heterocycles. The minimum atomic E-state index is 0.185. The Kier molecular flexibility index (Phi) is 4.15. The molecule has 11 heavy (non-hydrogen) atoms. The van der Waals surface area contributed by atoms with E-state index in [1.807, 2.05) is 10.8 Å². The van der Waals surface area contributed by atoms with Crippen LogP contribution in [-0.4, -0.2) is 24.0 Å². The van der Waals surface area contributed by atoms with Crippen LogP contribution in [0.3, 0.4) is 0 Å². The molecule has 0 saturated carbocycles. The fraction of sp³-hybridized carbons (Fsp3) is 0.857. The number of rotatable bonds is 1. The zero-order chi connectivity index (χ0) is 8.10. The van der Waals surface area contributed by atoms with Gasteiger partial charge in [0.2, 0.25) is 5.91 Å². The first-order chi connectivity index (χ1) is 5.34. The van der Waals surface area contributed by atoms with Crippen molar-refractivity contribution >= 4 is 27.5 Å². The molecule has 1 atom stereocenters. The first-order valence-corrected chi connectivity index (χ1v) is 6.22. The maximum Gasteiger partial charge on any atom is 0.233 e. The second kappa shape index (κ2) is 4.93. The van der Waals surface area contributed by atoms with Crippen LogP contribution >= 0.6 is 21.6 Å². The molecular formula is C7H13NOS2. The quantitative estimate of drug-likeness (QED) is 0.639. The van der Waals surface area contributed by atoms with Crippen LogP contribution in [0.1, 0.15) is 19.3 Å². The third kappa shape index (κ3) is 2.95. The lowest BCUT2D eigenvalue weighted by atomic mass is 10.2. The third-order valence-electron chi connectivity index (χ3n) is 1.67. The van der Waals surface area contributed by atoms with E-state index in [0.717, 1.165) is 6.42 Å². The summed E-state index contributed by atoms with van der Waals surface area (Å²) in [6, 6.07) is 0. The van der Waals surface area contributed by atoms with Crippen molar-refractivity contribution in [2.75, 3.05) is 12.8 Å². The van der Waals surface area contributed by atoms with E-state index in [4.69, 9.17) is 0 Å². The van der Waals surface area contributed by atoms with Gasteiger partial charge in [-0.2, -0.15) is 0 Å². The molecule has 2 nitrogen and oxygen atoms in total. The Labute approximate surface area is 75.3 Å². The van der Waals surface area contributed by atoms with Crippen molar-refractivity contribution in [3.05, 3.63) is 0 Å². The topological polar surface area (TPSA) is 29.1 Å². The molecule has 1 fully saturated rings. The van der Waals surface area contributed by atoms with Gasteiger partial charge >= 0.3 is 0 Å². The minimum Gasteiger partial charge on any atom is -0.358 e. The Morgan fingerprint density at radius 1 is 1.55 bits per heavy atom. The number of nitrogens with one attached hydrogen (secondary N) is 1. The molecule has 0 aromatic heterocycles. The number of carbonyl (C=O) groups excluding carboxylic acids is 1. The molecule has 0 bridgehead atoms. The summed E-state index contributed by atoms with van der Waals surface area (Å²) >= 11 is 0. The van der Waals surface area contributed by atoms with E-state index in [1.165, 1.54) is 18.6 Å². The Bertz CT molecular complexity index is 132. The van der Waals surface area contributed by atoms with Gasteiger partial charge in [-0.05, 0) is 12.8 Å². The molecule has 0 aromatic rings. The Hall–Kier alpha value is 0.170. The molecular weight excluding hydrogens is 178 g/mol. The predicted octanol–water partition coefficient (Wildman–Crippen LogP) is 1.67. The fourth-order valence-corrected chi connectivity index (χ4v) is 3.74. The van der Waals surface area contributed by atoms with E-state index in [2.05, 4.69) is 5.32 Å². The van der Waals surface area contributed by atoms with Crippen LogP contribution in [-0.2, 0) is 4.79 Å². The summed E-state index contributed by atoms with van der Waals surface area (Å²) in [6.07, 6.45) is 3.49. The summed E-state index contributed by atoms with van der Waals surface area (Å²) in [7, 11) is 5.25. The van der Waals surface area contributed by atoms with Gasteiger partial charge in [0.1, 0.15) is 0 Å². The summed E-state index contributed by atoms with van der Waals surface area (Å²) in [4.78, 5) is 11.2. The van der Waals surface area contributed by atoms with Crippen LogP contribution in [0.5, 0.6) is 0 Å². The molecule has 1 saturated heterocycles. The SMILES string of the molecule is CNC(=O)C1CCCCSS1. The van der Waals surface area contributed by atoms with Gasteiger partial charge in [-0.15, -0.1) is 0 Å². The standard InChI is InChI=1S/C7H13NOS2/c1-8-7(9)6-4-2-3-5-10-11-6/h6H,2-5H2,1H3,(H,8,9). The first-order valence-electron chi connectivity index (χ1n) is 3.84. The number of carbonyl (C=O) groups is 1. The van der Waals surface area contributed by atoms with Gasteiger partial charge in [0.05, 0.1) is 5.25 Å². The summed E-state index contributed by atoms with van der Waals surface area (Å²) in [5.41, 5.74) is 0. The molecule has 1 N–H and O–H groups in total. The van der Waals surface area contributed by atoms with Crippen molar-refractivity contribution < 1.29 is 4.79 Å². The van der Waals surface area contributed by atoms with Crippen LogP contribution in [0.4, 0.5) is 0 Å². The highest BCUT2D eigenvalue weighted by Gasteiger charge is 2.19. The van der Waals surface area contributed by atoms with Gasteiger partial charge in [-0.1, -0.05) is 28.0 Å². The zero-order valence-corrected chi connectivity index (χ0v) is 8.26. The lowest BCUT2D eigenvalue weighted by molar-refractivity contribution is -0.120. The van der Waals surface area contributed by atoms with Crippen molar-refractivity contribution in [3.63, 3.8) is 0 Å². The second-order valence-electron chi connectivity index (χ2n) is 2.52. The van der Waals surface area contributed by atoms with Crippen LogP contribution in [0.15, 0.2) is 0 Å². The van der Waals surface area contributed by atoms with E-state index in [9.17, 15) is 4.79 Å². The smallest absolute Gasteiger partial charge is 0.233 e. The Morgan fingerprint density at radius 3 is 3.09 bits per heavy atom. The molecule has 0 aliphatic carbocycles. The summed E-state index contributed by atoms with van der Waals surface area (Å²) < 4.78 is 0. The highest BCUT2D eigenvalue weighted by molar-refractivity contribution is 8.77. The van der Waals surface area contributed by atoms with E-state index in [1.54, 1.807) is 17.8 Å². The molecule has 4 heteroatoms. The van der Waals surface area contributed by atoms with Crippen LogP contribution in [0.2, 0.25) is 0 Å². The average molecular weight is 191 g/mol. The van der Waals surface area contributed by atoms with Gasteiger partial charge in [0, 0.05) is 12.8 Å². The second-order valence-corrected chi connectivity index (χ2v) is 5.21. The molecule has 1 unspecified atom stereocenters.